The smallest absolute Gasteiger partial charge is 0.277 e. The Morgan fingerprint density at radius 3 is 2.23 bits per heavy atom. The molecule has 0 radical (unpaired) electrons. The number of benzene rings is 2. The summed E-state index contributed by atoms with van der Waals surface area (Å²) in [5.74, 6) is 1.66. The maximum atomic E-state index is 12.2. The first kappa shape index (κ1) is 22.3. The van der Waals surface area contributed by atoms with E-state index in [1.165, 1.54) is 21.3 Å². The van der Waals surface area contributed by atoms with Crippen molar-refractivity contribution >= 4 is 29.0 Å². The van der Waals surface area contributed by atoms with Gasteiger partial charge in [0.15, 0.2) is 11.5 Å². The van der Waals surface area contributed by atoms with Gasteiger partial charge in [-0.3, -0.25) is 4.79 Å². The summed E-state index contributed by atoms with van der Waals surface area (Å²) in [5, 5.41) is 11.2. The Hall–Kier alpha value is -3.40. The number of rotatable bonds is 9. The zero-order valence-corrected chi connectivity index (χ0v) is 18.8. The molecular formula is C21H24N4O5S. The zero-order chi connectivity index (χ0) is 22.4. The van der Waals surface area contributed by atoms with Gasteiger partial charge in [-0.2, -0.15) is 0 Å². The lowest BCUT2D eigenvalue weighted by molar-refractivity contribution is -0.113. The first-order valence-electron chi connectivity index (χ1n) is 9.29. The normalized spacial score (nSPS) is 10.5. The largest absolute Gasteiger partial charge is 0.493 e. The van der Waals surface area contributed by atoms with Crippen molar-refractivity contribution in [1.29, 1.82) is 0 Å². The highest BCUT2D eigenvalue weighted by Crippen LogP contribution is 2.41. The summed E-state index contributed by atoms with van der Waals surface area (Å²) in [7, 11) is 8.51. The van der Waals surface area contributed by atoms with Crippen LogP contribution >= 0.6 is 11.8 Å². The summed E-state index contributed by atoms with van der Waals surface area (Å²) in [6.07, 6.45) is 0. The predicted octanol–water partition coefficient (Wildman–Crippen LogP) is 3.56. The first-order chi connectivity index (χ1) is 14.9. The summed E-state index contributed by atoms with van der Waals surface area (Å²) in [6.45, 7) is 0. The van der Waals surface area contributed by atoms with Crippen LogP contribution in [0.4, 0.5) is 11.4 Å². The van der Waals surface area contributed by atoms with Crippen molar-refractivity contribution in [3.05, 3.63) is 36.4 Å². The number of nitrogens with zero attached hydrogens (tertiary/aromatic N) is 3. The minimum atomic E-state index is -0.171. The van der Waals surface area contributed by atoms with E-state index in [2.05, 4.69) is 15.5 Å². The number of aromatic nitrogens is 2. The van der Waals surface area contributed by atoms with Crippen molar-refractivity contribution in [3.63, 3.8) is 0 Å². The summed E-state index contributed by atoms with van der Waals surface area (Å²) in [4.78, 5) is 14.2. The third-order valence-corrected chi connectivity index (χ3v) is 5.13. The lowest BCUT2D eigenvalue weighted by atomic mass is 10.2. The zero-order valence-electron chi connectivity index (χ0n) is 18.0. The topological polar surface area (TPSA) is 99.0 Å². The number of amides is 1. The molecule has 0 saturated carbocycles. The molecule has 31 heavy (non-hydrogen) atoms. The van der Waals surface area contributed by atoms with Crippen LogP contribution in [0.1, 0.15) is 0 Å². The highest BCUT2D eigenvalue weighted by atomic mass is 32.2. The molecule has 0 aliphatic heterocycles. The Morgan fingerprint density at radius 1 is 1.03 bits per heavy atom. The van der Waals surface area contributed by atoms with Crippen LogP contribution in [0.3, 0.4) is 0 Å². The number of nitrogens with one attached hydrogen (secondary N) is 1. The molecule has 1 aromatic heterocycles. The standard InChI is InChI=1S/C21H24N4O5S/c1-25(2)15-8-6-14(7-9-15)22-18(26)12-31-21-24-23-20(30-21)13-10-16(27-3)19(29-5)17(11-13)28-4/h6-11H,12H2,1-5H3,(H,22,26). The molecule has 1 heterocycles. The Bertz CT molecular complexity index is 1010. The Kier molecular flexibility index (Phi) is 7.24. The van der Waals surface area contributed by atoms with Gasteiger partial charge >= 0.3 is 0 Å². The minimum absolute atomic E-state index is 0.131. The van der Waals surface area contributed by atoms with Crippen molar-refractivity contribution in [2.24, 2.45) is 0 Å². The number of hydrogen-bond donors (Lipinski definition) is 1. The second kappa shape index (κ2) is 10.1. The van der Waals surface area contributed by atoms with Crippen LogP contribution < -0.4 is 24.4 Å². The summed E-state index contributed by atoms with van der Waals surface area (Å²) in [6, 6.07) is 11.0. The highest BCUT2D eigenvalue weighted by Gasteiger charge is 2.18. The molecule has 0 fully saturated rings. The third-order valence-electron chi connectivity index (χ3n) is 4.31. The average Bonchev–Trinajstić information content (AvgIpc) is 3.26. The summed E-state index contributed by atoms with van der Waals surface area (Å²) in [5.41, 5.74) is 2.39. The molecule has 0 aliphatic carbocycles. The molecule has 0 spiro atoms. The van der Waals surface area contributed by atoms with Crippen molar-refractivity contribution < 1.29 is 23.4 Å². The lowest BCUT2D eigenvalue weighted by Gasteiger charge is -2.13. The monoisotopic (exact) mass is 444 g/mol. The highest BCUT2D eigenvalue weighted by molar-refractivity contribution is 7.99. The van der Waals surface area contributed by atoms with Crippen LogP contribution in [0.2, 0.25) is 0 Å². The summed E-state index contributed by atoms with van der Waals surface area (Å²) < 4.78 is 21.7. The van der Waals surface area contributed by atoms with E-state index in [4.69, 9.17) is 18.6 Å². The number of thioether (sulfide) groups is 1. The molecule has 3 rings (SSSR count). The van der Waals surface area contributed by atoms with E-state index in [0.717, 1.165) is 23.1 Å². The molecular weight excluding hydrogens is 420 g/mol. The molecule has 9 nitrogen and oxygen atoms in total. The molecule has 1 amide bonds. The van der Waals surface area contributed by atoms with Gasteiger partial charge in [0, 0.05) is 31.0 Å². The summed E-state index contributed by atoms with van der Waals surface area (Å²) >= 11 is 1.15. The van der Waals surface area contributed by atoms with Crippen LogP contribution in [0.15, 0.2) is 46.0 Å². The van der Waals surface area contributed by atoms with Gasteiger partial charge in [0.05, 0.1) is 27.1 Å². The second-order valence-corrected chi connectivity index (χ2v) is 7.49. The van der Waals surface area contributed by atoms with Gasteiger partial charge in [-0.15, -0.1) is 10.2 Å². The predicted molar refractivity (Wildman–Crippen MR) is 120 cm³/mol. The Balaban J connectivity index is 1.64. The van der Waals surface area contributed by atoms with Crippen LogP contribution in [0, 0.1) is 0 Å². The first-order valence-corrected chi connectivity index (χ1v) is 10.3. The van der Waals surface area contributed by atoms with Crippen LogP contribution in [-0.4, -0.2) is 57.3 Å². The van der Waals surface area contributed by atoms with E-state index < -0.39 is 0 Å². The van der Waals surface area contributed by atoms with Crippen LogP contribution in [0.5, 0.6) is 17.2 Å². The quantitative estimate of drug-likeness (QED) is 0.497. The van der Waals surface area contributed by atoms with Crippen molar-refractivity contribution in [3.8, 4) is 28.7 Å². The molecule has 10 heteroatoms. The fourth-order valence-electron chi connectivity index (χ4n) is 2.76. The number of carbonyl (C=O) groups is 1. The third kappa shape index (κ3) is 5.40. The molecule has 2 aromatic carbocycles. The molecule has 0 saturated heterocycles. The maximum absolute atomic E-state index is 12.2. The van der Waals surface area contributed by atoms with Gasteiger partial charge in [0.25, 0.3) is 5.22 Å². The van der Waals surface area contributed by atoms with Crippen molar-refractivity contribution in [2.45, 2.75) is 5.22 Å². The molecule has 0 aliphatic rings. The number of anilines is 2. The molecule has 1 N–H and O–H groups in total. The van der Waals surface area contributed by atoms with Gasteiger partial charge in [-0.25, -0.2) is 0 Å². The second-order valence-electron chi connectivity index (χ2n) is 6.57. The van der Waals surface area contributed by atoms with E-state index in [1.807, 2.05) is 43.3 Å². The number of hydrogen-bond acceptors (Lipinski definition) is 9. The van der Waals surface area contributed by atoms with Crippen molar-refractivity contribution in [2.75, 3.05) is 51.4 Å². The van der Waals surface area contributed by atoms with Gasteiger partial charge in [0.1, 0.15) is 0 Å². The fraction of sp³-hybridized carbons (Fsp3) is 0.286. The number of ether oxygens (including phenoxy) is 3. The van der Waals surface area contributed by atoms with E-state index in [1.54, 1.807) is 12.1 Å². The van der Waals surface area contributed by atoms with E-state index in [9.17, 15) is 4.79 Å². The number of carbonyl (C=O) groups excluding carboxylic acids is 1. The maximum Gasteiger partial charge on any atom is 0.277 e. The Labute approximate surface area is 184 Å². The van der Waals surface area contributed by atoms with Gasteiger partial charge < -0.3 is 28.8 Å². The molecule has 164 valence electrons. The molecule has 0 atom stereocenters. The van der Waals surface area contributed by atoms with Crippen molar-refractivity contribution in [1.82, 2.24) is 10.2 Å². The SMILES string of the molecule is COc1cc(-c2nnc(SCC(=O)Nc3ccc(N(C)C)cc3)o2)cc(OC)c1OC. The Morgan fingerprint density at radius 2 is 1.68 bits per heavy atom. The van der Waals surface area contributed by atoms with E-state index in [-0.39, 0.29) is 22.8 Å². The fourth-order valence-corrected chi connectivity index (χ4v) is 3.32. The molecule has 3 aromatic rings. The van der Waals surface area contributed by atoms with Gasteiger partial charge in [-0.1, -0.05) is 11.8 Å². The van der Waals surface area contributed by atoms with Crippen LogP contribution in [0.25, 0.3) is 11.5 Å². The minimum Gasteiger partial charge on any atom is -0.493 e. The van der Waals surface area contributed by atoms with E-state index in [0.29, 0.717) is 22.8 Å². The molecule has 0 unspecified atom stereocenters. The average molecular weight is 445 g/mol. The number of methoxy groups -OCH3 is 3. The van der Waals surface area contributed by atoms with Crippen LogP contribution in [-0.2, 0) is 4.79 Å². The molecule has 0 bridgehead atoms. The van der Waals surface area contributed by atoms with Gasteiger partial charge in [0.2, 0.25) is 17.5 Å². The van der Waals surface area contributed by atoms with E-state index >= 15 is 0 Å². The lowest BCUT2D eigenvalue weighted by Crippen LogP contribution is -2.14. The van der Waals surface area contributed by atoms with Gasteiger partial charge in [-0.05, 0) is 36.4 Å².